The van der Waals surface area contributed by atoms with Crippen LogP contribution in [0.2, 0.25) is 0 Å². The van der Waals surface area contributed by atoms with Crippen LogP contribution < -0.4 is 5.32 Å². The zero-order chi connectivity index (χ0) is 12.6. The maximum Gasteiger partial charge on any atom is 0.123 e. The minimum atomic E-state index is -0.0999. The largest absolute Gasteiger partial charge is 0.309 e. The van der Waals surface area contributed by atoms with Gasteiger partial charge in [-0.3, -0.25) is 0 Å². The third kappa shape index (κ3) is 2.31. The smallest absolute Gasteiger partial charge is 0.123 e. The predicted octanol–water partition coefficient (Wildman–Crippen LogP) is 3.98. The third-order valence-electron chi connectivity index (χ3n) is 4.77. The molecule has 1 aromatic carbocycles. The van der Waals surface area contributed by atoms with Gasteiger partial charge in [0.1, 0.15) is 5.82 Å². The van der Waals surface area contributed by atoms with E-state index in [0.717, 1.165) is 19.4 Å². The summed E-state index contributed by atoms with van der Waals surface area (Å²) < 4.78 is 13.2. The van der Waals surface area contributed by atoms with E-state index in [1.807, 2.05) is 6.07 Å². The number of fused-ring (bicyclic) bond motifs is 1. The number of hydrogen-bond donors (Lipinski definition) is 1. The van der Waals surface area contributed by atoms with Crippen LogP contribution in [0.15, 0.2) is 18.2 Å². The Labute approximate surface area is 109 Å². The van der Waals surface area contributed by atoms with Crippen molar-refractivity contribution in [3.05, 3.63) is 35.1 Å². The van der Waals surface area contributed by atoms with E-state index in [-0.39, 0.29) is 5.82 Å². The molecule has 1 N–H and O–H groups in total. The molecule has 0 radical (unpaired) electrons. The van der Waals surface area contributed by atoms with Gasteiger partial charge in [-0.15, -0.1) is 0 Å². The summed E-state index contributed by atoms with van der Waals surface area (Å²) in [5.74, 6) is -0.0999. The number of halogens is 1. The normalized spacial score (nSPS) is 25.3. The highest BCUT2D eigenvalue weighted by Gasteiger charge is 2.30. The lowest BCUT2D eigenvalue weighted by molar-refractivity contribution is 0.297. The van der Waals surface area contributed by atoms with Gasteiger partial charge in [-0.25, -0.2) is 4.39 Å². The summed E-state index contributed by atoms with van der Waals surface area (Å²) in [4.78, 5) is 0. The molecule has 18 heavy (non-hydrogen) atoms. The maximum atomic E-state index is 13.2. The van der Waals surface area contributed by atoms with E-state index < -0.39 is 0 Å². The van der Waals surface area contributed by atoms with Crippen molar-refractivity contribution >= 4 is 0 Å². The van der Waals surface area contributed by atoms with Gasteiger partial charge in [0.25, 0.3) is 0 Å². The summed E-state index contributed by atoms with van der Waals surface area (Å²) in [6.07, 6.45) is 7.59. The van der Waals surface area contributed by atoms with Crippen molar-refractivity contribution in [3.63, 3.8) is 0 Å². The number of hydrogen-bond acceptors (Lipinski definition) is 1. The van der Waals surface area contributed by atoms with E-state index >= 15 is 0 Å². The van der Waals surface area contributed by atoms with Crippen LogP contribution in [-0.2, 0) is 6.42 Å². The molecule has 2 heteroatoms. The highest BCUT2D eigenvalue weighted by molar-refractivity contribution is 5.34. The third-order valence-corrected chi connectivity index (χ3v) is 4.77. The Morgan fingerprint density at radius 3 is 2.89 bits per heavy atom. The summed E-state index contributed by atoms with van der Waals surface area (Å²) in [5, 5.41) is 3.72. The molecular formula is C16H22FN. The molecule has 1 atom stereocenters. The van der Waals surface area contributed by atoms with Crippen LogP contribution in [0.5, 0.6) is 0 Å². The number of rotatable bonds is 3. The van der Waals surface area contributed by atoms with E-state index in [2.05, 4.69) is 12.2 Å². The second-order valence-electron chi connectivity index (χ2n) is 6.33. The molecule has 3 rings (SSSR count). The first-order valence-electron chi connectivity index (χ1n) is 7.18. The minimum absolute atomic E-state index is 0.0999. The van der Waals surface area contributed by atoms with Gasteiger partial charge in [-0.05, 0) is 54.4 Å². The minimum Gasteiger partial charge on any atom is -0.309 e. The molecule has 1 nitrogen and oxygen atoms in total. The summed E-state index contributed by atoms with van der Waals surface area (Å²) >= 11 is 0. The van der Waals surface area contributed by atoms with Gasteiger partial charge in [-0.1, -0.05) is 25.8 Å². The lowest BCUT2D eigenvalue weighted by Gasteiger charge is -2.26. The van der Waals surface area contributed by atoms with Crippen molar-refractivity contribution < 1.29 is 4.39 Å². The van der Waals surface area contributed by atoms with Crippen molar-refractivity contribution in [1.82, 2.24) is 5.32 Å². The summed E-state index contributed by atoms with van der Waals surface area (Å²) in [5.41, 5.74) is 3.00. The van der Waals surface area contributed by atoms with Gasteiger partial charge in [0, 0.05) is 12.6 Å². The average molecular weight is 247 g/mol. The van der Waals surface area contributed by atoms with Gasteiger partial charge in [0.05, 0.1) is 0 Å². The molecule has 0 aliphatic heterocycles. The molecule has 2 aliphatic rings. The first kappa shape index (κ1) is 12.2. The van der Waals surface area contributed by atoms with Crippen molar-refractivity contribution in [2.75, 3.05) is 6.54 Å². The molecule has 0 amide bonds. The van der Waals surface area contributed by atoms with Crippen LogP contribution in [0.4, 0.5) is 4.39 Å². The van der Waals surface area contributed by atoms with E-state index in [1.54, 1.807) is 12.1 Å². The van der Waals surface area contributed by atoms with Crippen molar-refractivity contribution in [3.8, 4) is 0 Å². The van der Waals surface area contributed by atoms with Gasteiger partial charge >= 0.3 is 0 Å². The van der Waals surface area contributed by atoms with Crippen molar-refractivity contribution in [2.45, 2.75) is 51.5 Å². The van der Waals surface area contributed by atoms with Gasteiger partial charge in [-0.2, -0.15) is 0 Å². The quantitative estimate of drug-likeness (QED) is 0.851. The van der Waals surface area contributed by atoms with E-state index in [4.69, 9.17) is 0 Å². The lowest BCUT2D eigenvalue weighted by Crippen LogP contribution is -2.31. The molecule has 1 unspecified atom stereocenters. The second-order valence-corrected chi connectivity index (χ2v) is 6.33. The molecule has 0 saturated heterocycles. The topological polar surface area (TPSA) is 12.0 Å². The highest BCUT2D eigenvalue weighted by atomic mass is 19.1. The fourth-order valence-corrected chi connectivity index (χ4v) is 3.57. The van der Waals surface area contributed by atoms with E-state index in [0.29, 0.717) is 11.5 Å². The molecule has 0 heterocycles. The van der Waals surface area contributed by atoms with Crippen LogP contribution in [0.1, 0.15) is 56.2 Å². The standard InChI is InChI=1S/C16H22FN/c1-16(8-2-3-9-16)11-18-15-7-4-12-10-13(17)5-6-14(12)15/h5-6,10,15,18H,2-4,7-9,11H2,1H3. The van der Waals surface area contributed by atoms with Gasteiger partial charge < -0.3 is 5.32 Å². The zero-order valence-electron chi connectivity index (χ0n) is 11.1. The van der Waals surface area contributed by atoms with Crippen LogP contribution in [0.3, 0.4) is 0 Å². The molecular weight excluding hydrogens is 225 g/mol. The molecule has 0 bridgehead atoms. The fraction of sp³-hybridized carbons (Fsp3) is 0.625. The molecule has 1 saturated carbocycles. The predicted molar refractivity (Wildman–Crippen MR) is 72.0 cm³/mol. The molecule has 2 aliphatic carbocycles. The van der Waals surface area contributed by atoms with Gasteiger partial charge in [0.15, 0.2) is 0 Å². The maximum absolute atomic E-state index is 13.2. The van der Waals surface area contributed by atoms with Gasteiger partial charge in [0.2, 0.25) is 0 Å². The Hall–Kier alpha value is -0.890. The molecule has 0 spiro atoms. The van der Waals surface area contributed by atoms with Crippen LogP contribution in [-0.4, -0.2) is 6.54 Å². The molecule has 1 fully saturated rings. The Balaban J connectivity index is 1.66. The van der Waals surface area contributed by atoms with Crippen molar-refractivity contribution in [2.24, 2.45) is 5.41 Å². The van der Waals surface area contributed by atoms with Crippen LogP contribution in [0.25, 0.3) is 0 Å². The number of benzene rings is 1. The first-order chi connectivity index (χ1) is 8.66. The molecule has 0 aromatic heterocycles. The number of aryl methyl sites for hydroxylation is 1. The summed E-state index contributed by atoms with van der Waals surface area (Å²) in [6, 6.07) is 5.70. The zero-order valence-corrected chi connectivity index (χ0v) is 11.1. The number of nitrogens with one attached hydrogen (secondary N) is 1. The fourth-order valence-electron chi connectivity index (χ4n) is 3.57. The average Bonchev–Trinajstić information content (AvgIpc) is 2.93. The Morgan fingerprint density at radius 2 is 2.11 bits per heavy atom. The second kappa shape index (κ2) is 4.65. The summed E-state index contributed by atoms with van der Waals surface area (Å²) in [7, 11) is 0. The highest BCUT2D eigenvalue weighted by Crippen LogP contribution is 2.38. The van der Waals surface area contributed by atoms with Crippen molar-refractivity contribution in [1.29, 1.82) is 0 Å². The van der Waals surface area contributed by atoms with Crippen LogP contribution >= 0.6 is 0 Å². The first-order valence-corrected chi connectivity index (χ1v) is 7.18. The lowest BCUT2D eigenvalue weighted by atomic mass is 9.88. The molecule has 98 valence electrons. The molecule has 1 aromatic rings. The Bertz CT molecular complexity index is 435. The SMILES string of the molecule is CC1(CNC2CCc3cc(F)ccc32)CCCC1. The van der Waals surface area contributed by atoms with Crippen LogP contribution in [0, 0.1) is 11.2 Å². The van der Waals surface area contributed by atoms with E-state index in [1.165, 1.54) is 36.8 Å². The Morgan fingerprint density at radius 1 is 1.33 bits per heavy atom. The monoisotopic (exact) mass is 247 g/mol. The summed E-state index contributed by atoms with van der Waals surface area (Å²) in [6.45, 7) is 3.50. The Kier molecular flexibility index (Phi) is 3.14. The van der Waals surface area contributed by atoms with E-state index in [9.17, 15) is 4.39 Å².